The van der Waals surface area contributed by atoms with E-state index >= 15 is 0 Å². The molecule has 4 rings (SSSR count). The van der Waals surface area contributed by atoms with Crippen molar-refractivity contribution in [3.05, 3.63) is 108 Å². The second-order valence-corrected chi connectivity index (χ2v) is 7.54. The highest BCUT2D eigenvalue weighted by atomic mass is 16.5. The van der Waals surface area contributed by atoms with Crippen LogP contribution >= 0.6 is 0 Å². The summed E-state index contributed by atoms with van der Waals surface area (Å²) in [6, 6.07) is 29.0. The van der Waals surface area contributed by atoms with Gasteiger partial charge in [-0.2, -0.15) is 0 Å². The summed E-state index contributed by atoms with van der Waals surface area (Å²) in [4.78, 5) is 26.0. The number of carbonyl (C=O) groups excluding carboxylic acids is 2. The molecule has 0 bridgehead atoms. The standard InChI is InChI=1S/C26H24O4/c1-29-25(27)23-21(19-13-7-3-8-14-19)24(22(23)20-15-9-4-10-16-20)26(28)30-17-18-11-5-2-6-12-18/h2-16,21-24H,17H2,1H3. The summed E-state index contributed by atoms with van der Waals surface area (Å²) >= 11 is 0. The first-order chi connectivity index (χ1) is 14.7. The summed E-state index contributed by atoms with van der Waals surface area (Å²) in [5, 5.41) is 0. The van der Waals surface area contributed by atoms with Crippen LogP contribution in [0.5, 0.6) is 0 Å². The average Bonchev–Trinajstić information content (AvgIpc) is 2.79. The van der Waals surface area contributed by atoms with E-state index in [-0.39, 0.29) is 30.4 Å². The second kappa shape index (κ2) is 8.95. The lowest BCUT2D eigenvalue weighted by molar-refractivity contribution is -0.166. The van der Waals surface area contributed by atoms with Gasteiger partial charge in [0.1, 0.15) is 6.61 Å². The predicted octanol–water partition coefficient (Wildman–Crippen LogP) is 4.72. The highest BCUT2D eigenvalue weighted by Crippen LogP contribution is 2.58. The summed E-state index contributed by atoms with van der Waals surface area (Å²) in [6.45, 7) is 0.210. The molecule has 0 spiro atoms. The summed E-state index contributed by atoms with van der Waals surface area (Å²) in [5.41, 5.74) is 2.82. The van der Waals surface area contributed by atoms with E-state index < -0.39 is 11.8 Å². The van der Waals surface area contributed by atoms with Crippen molar-refractivity contribution in [1.29, 1.82) is 0 Å². The van der Waals surface area contributed by atoms with Crippen LogP contribution < -0.4 is 0 Å². The lowest BCUT2D eigenvalue weighted by Crippen LogP contribution is -2.51. The van der Waals surface area contributed by atoms with Gasteiger partial charge in [0, 0.05) is 11.8 Å². The number of methoxy groups -OCH3 is 1. The second-order valence-electron chi connectivity index (χ2n) is 7.54. The van der Waals surface area contributed by atoms with E-state index in [4.69, 9.17) is 9.47 Å². The van der Waals surface area contributed by atoms with Crippen molar-refractivity contribution in [3.8, 4) is 0 Å². The Kier molecular flexibility index (Phi) is 5.94. The summed E-state index contributed by atoms with van der Waals surface area (Å²) < 4.78 is 10.8. The zero-order valence-corrected chi connectivity index (χ0v) is 16.8. The van der Waals surface area contributed by atoms with Gasteiger partial charge in [0.15, 0.2) is 0 Å². The lowest BCUT2D eigenvalue weighted by atomic mass is 9.52. The monoisotopic (exact) mass is 400 g/mol. The Morgan fingerprint density at radius 3 is 1.57 bits per heavy atom. The molecule has 3 aromatic carbocycles. The number of ether oxygens (including phenoxy) is 2. The van der Waals surface area contributed by atoms with Gasteiger partial charge in [-0.25, -0.2) is 0 Å². The number of hydrogen-bond acceptors (Lipinski definition) is 4. The van der Waals surface area contributed by atoms with Crippen LogP contribution in [0.15, 0.2) is 91.0 Å². The first-order valence-electron chi connectivity index (χ1n) is 10.1. The molecule has 3 aromatic rings. The van der Waals surface area contributed by atoms with Gasteiger partial charge in [0.2, 0.25) is 0 Å². The Hall–Kier alpha value is -3.40. The molecule has 4 nitrogen and oxygen atoms in total. The van der Waals surface area contributed by atoms with Crippen LogP contribution in [0.25, 0.3) is 0 Å². The summed E-state index contributed by atoms with van der Waals surface area (Å²) in [6.07, 6.45) is 0. The van der Waals surface area contributed by atoms with E-state index in [1.165, 1.54) is 7.11 Å². The SMILES string of the molecule is COC(=O)C1C(c2ccccc2)C(C(=O)OCc2ccccc2)C1c1ccccc1. The van der Waals surface area contributed by atoms with Gasteiger partial charge >= 0.3 is 11.9 Å². The molecule has 0 saturated heterocycles. The average molecular weight is 400 g/mol. The maximum Gasteiger partial charge on any atom is 0.310 e. The molecular formula is C26H24O4. The minimum atomic E-state index is -0.456. The van der Waals surface area contributed by atoms with E-state index in [9.17, 15) is 9.59 Å². The van der Waals surface area contributed by atoms with Gasteiger partial charge in [-0.3, -0.25) is 9.59 Å². The number of benzene rings is 3. The first-order valence-corrected chi connectivity index (χ1v) is 10.1. The van der Waals surface area contributed by atoms with E-state index in [1.807, 2.05) is 91.0 Å². The molecule has 2 atom stereocenters. The van der Waals surface area contributed by atoms with Crippen LogP contribution in [0, 0.1) is 11.8 Å². The fourth-order valence-corrected chi connectivity index (χ4v) is 4.48. The Morgan fingerprint density at radius 1 is 0.667 bits per heavy atom. The Balaban J connectivity index is 1.67. The molecule has 0 aromatic heterocycles. The molecule has 0 radical (unpaired) electrons. The molecule has 0 amide bonds. The van der Waals surface area contributed by atoms with E-state index in [1.54, 1.807) is 0 Å². The molecule has 1 fully saturated rings. The van der Waals surface area contributed by atoms with Crippen LogP contribution in [0.3, 0.4) is 0 Å². The zero-order valence-electron chi connectivity index (χ0n) is 16.8. The topological polar surface area (TPSA) is 52.6 Å². The maximum absolute atomic E-state index is 13.2. The van der Waals surface area contributed by atoms with Crippen LogP contribution in [0.4, 0.5) is 0 Å². The van der Waals surface area contributed by atoms with Crippen LogP contribution in [0.2, 0.25) is 0 Å². The molecule has 2 unspecified atom stereocenters. The van der Waals surface area contributed by atoms with Gasteiger partial charge < -0.3 is 9.47 Å². The molecule has 0 aliphatic heterocycles. The van der Waals surface area contributed by atoms with Gasteiger partial charge in [0.05, 0.1) is 18.9 Å². The van der Waals surface area contributed by atoms with E-state index in [2.05, 4.69) is 0 Å². The molecule has 4 heteroatoms. The molecular weight excluding hydrogens is 376 g/mol. The van der Waals surface area contributed by atoms with Crippen molar-refractivity contribution in [2.75, 3.05) is 7.11 Å². The maximum atomic E-state index is 13.2. The van der Waals surface area contributed by atoms with Crippen molar-refractivity contribution >= 4 is 11.9 Å². The van der Waals surface area contributed by atoms with Crippen molar-refractivity contribution in [2.24, 2.45) is 11.8 Å². The van der Waals surface area contributed by atoms with Crippen molar-refractivity contribution in [3.63, 3.8) is 0 Å². The number of carbonyl (C=O) groups is 2. The smallest absolute Gasteiger partial charge is 0.310 e. The first kappa shape index (κ1) is 19.9. The Labute approximate surface area is 176 Å². The molecule has 1 saturated carbocycles. The molecule has 1 aliphatic carbocycles. The highest BCUT2D eigenvalue weighted by Gasteiger charge is 2.59. The molecule has 30 heavy (non-hydrogen) atoms. The van der Waals surface area contributed by atoms with Gasteiger partial charge in [-0.1, -0.05) is 91.0 Å². The predicted molar refractivity (Wildman–Crippen MR) is 114 cm³/mol. The minimum absolute atomic E-state index is 0.210. The molecule has 0 heterocycles. The summed E-state index contributed by atoms with van der Waals surface area (Å²) in [7, 11) is 1.40. The third-order valence-electron chi connectivity index (χ3n) is 5.89. The highest BCUT2D eigenvalue weighted by molar-refractivity contribution is 5.85. The third kappa shape index (κ3) is 3.86. The number of esters is 2. The van der Waals surface area contributed by atoms with Crippen molar-refractivity contribution in [2.45, 2.75) is 18.4 Å². The normalized spacial score (nSPS) is 22.6. The van der Waals surface area contributed by atoms with Crippen LogP contribution in [-0.2, 0) is 25.7 Å². The van der Waals surface area contributed by atoms with Crippen LogP contribution in [-0.4, -0.2) is 19.0 Å². The quantitative estimate of drug-likeness (QED) is 0.562. The summed E-state index contributed by atoms with van der Waals surface area (Å²) in [5.74, 6) is -2.05. The minimum Gasteiger partial charge on any atom is -0.469 e. The Morgan fingerprint density at radius 2 is 1.10 bits per heavy atom. The van der Waals surface area contributed by atoms with Crippen molar-refractivity contribution < 1.29 is 19.1 Å². The fraction of sp³-hybridized carbons (Fsp3) is 0.231. The molecule has 1 aliphatic rings. The van der Waals surface area contributed by atoms with E-state index in [0.717, 1.165) is 16.7 Å². The van der Waals surface area contributed by atoms with Gasteiger partial charge in [-0.15, -0.1) is 0 Å². The zero-order chi connectivity index (χ0) is 20.9. The van der Waals surface area contributed by atoms with Crippen LogP contribution in [0.1, 0.15) is 28.5 Å². The van der Waals surface area contributed by atoms with E-state index in [0.29, 0.717) is 0 Å². The van der Waals surface area contributed by atoms with Gasteiger partial charge in [-0.05, 0) is 16.7 Å². The van der Waals surface area contributed by atoms with Gasteiger partial charge in [0.25, 0.3) is 0 Å². The largest absolute Gasteiger partial charge is 0.469 e. The fourth-order valence-electron chi connectivity index (χ4n) is 4.48. The Bertz CT molecular complexity index is 938. The van der Waals surface area contributed by atoms with Crippen molar-refractivity contribution in [1.82, 2.24) is 0 Å². The number of hydrogen-bond donors (Lipinski definition) is 0. The molecule has 152 valence electrons. The third-order valence-corrected chi connectivity index (χ3v) is 5.89. The number of rotatable bonds is 6. The molecule has 0 N–H and O–H groups in total. The lowest BCUT2D eigenvalue weighted by Gasteiger charge is -2.49.